The Kier molecular flexibility index (Phi) is 8.68. The average Bonchev–Trinajstić information content (AvgIpc) is 2.57. The van der Waals surface area contributed by atoms with Crippen molar-refractivity contribution in [2.45, 2.75) is 12.8 Å². The zero-order chi connectivity index (χ0) is 16.1. The number of benzene rings is 1. The lowest BCUT2D eigenvalue weighted by Gasteiger charge is -2.26. The molecular weight excluding hydrogens is 365 g/mol. The highest BCUT2D eigenvalue weighted by atomic mass is 35.5. The van der Waals surface area contributed by atoms with Gasteiger partial charge in [-0.05, 0) is 25.1 Å². The van der Waals surface area contributed by atoms with Gasteiger partial charge in [0.25, 0.3) is 0 Å². The van der Waals surface area contributed by atoms with Crippen molar-refractivity contribution in [3.05, 3.63) is 30.1 Å². The molecule has 1 aliphatic rings. The molecule has 1 amide bonds. The lowest BCUT2D eigenvalue weighted by Crippen LogP contribution is -2.40. The summed E-state index contributed by atoms with van der Waals surface area (Å²) in [6, 6.07) is 7.86. The summed E-state index contributed by atoms with van der Waals surface area (Å²) in [5.41, 5.74) is 6.50. The second-order valence-corrected chi connectivity index (χ2v) is 5.43. The molecule has 3 N–H and O–H groups in total. The molecule has 7 nitrogen and oxygen atoms in total. The Balaban J connectivity index is 0.00000156. The second-order valence-electron chi connectivity index (χ2n) is 5.43. The van der Waals surface area contributed by atoms with E-state index in [0.29, 0.717) is 32.7 Å². The molecule has 0 bridgehead atoms. The van der Waals surface area contributed by atoms with Gasteiger partial charge in [0, 0.05) is 31.4 Å². The third kappa shape index (κ3) is 5.32. The summed E-state index contributed by atoms with van der Waals surface area (Å²) < 4.78 is 5.03. The van der Waals surface area contributed by atoms with Crippen LogP contribution in [0.1, 0.15) is 12.2 Å². The minimum atomic E-state index is -0.241. The summed E-state index contributed by atoms with van der Waals surface area (Å²) in [4.78, 5) is 22.4. The van der Waals surface area contributed by atoms with Crippen molar-refractivity contribution in [2.24, 2.45) is 5.73 Å². The number of rotatable bonds is 6. The second kappa shape index (κ2) is 10.2. The molecule has 1 aromatic heterocycles. The summed E-state index contributed by atoms with van der Waals surface area (Å²) in [7, 11) is 0. The number of carbonyl (C=O) groups is 1. The van der Waals surface area contributed by atoms with Crippen molar-refractivity contribution < 1.29 is 9.53 Å². The molecular formula is C16H23Cl2N5O2. The van der Waals surface area contributed by atoms with Crippen LogP contribution in [0.4, 0.5) is 10.6 Å². The normalized spacial score (nSPS) is 13.6. The molecule has 3 rings (SSSR count). The van der Waals surface area contributed by atoms with Gasteiger partial charge in [-0.2, -0.15) is 0 Å². The van der Waals surface area contributed by atoms with E-state index in [4.69, 9.17) is 10.5 Å². The fourth-order valence-electron chi connectivity index (χ4n) is 2.61. The average molecular weight is 388 g/mol. The van der Waals surface area contributed by atoms with E-state index in [2.05, 4.69) is 15.3 Å². The van der Waals surface area contributed by atoms with E-state index < -0.39 is 0 Å². The van der Waals surface area contributed by atoms with Crippen LogP contribution in [0.2, 0.25) is 0 Å². The first kappa shape index (κ1) is 21.2. The molecule has 0 atom stereocenters. The maximum absolute atomic E-state index is 11.6. The predicted molar refractivity (Wildman–Crippen MR) is 103 cm³/mol. The minimum absolute atomic E-state index is 0. The first-order chi connectivity index (χ1) is 11.3. The first-order valence-corrected chi connectivity index (χ1v) is 7.89. The molecule has 0 aliphatic carbocycles. The maximum atomic E-state index is 11.6. The molecule has 1 saturated heterocycles. The summed E-state index contributed by atoms with van der Waals surface area (Å²) in [5.74, 6) is 1.51. The number of amides is 1. The molecule has 25 heavy (non-hydrogen) atoms. The van der Waals surface area contributed by atoms with E-state index in [1.54, 1.807) is 4.90 Å². The number of halogens is 2. The first-order valence-electron chi connectivity index (χ1n) is 7.89. The minimum Gasteiger partial charge on any atom is -0.449 e. The Hall–Kier alpha value is -1.83. The molecule has 0 spiro atoms. The molecule has 1 aromatic carbocycles. The highest BCUT2D eigenvalue weighted by Crippen LogP contribution is 2.20. The van der Waals surface area contributed by atoms with Gasteiger partial charge in [-0.1, -0.05) is 12.1 Å². The zero-order valence-electron chi connectivity index (χ0n) is 13.8. The molecule has 9 heteroatoms. The number of para-hydroxylation sites is 1. The summed E-state index contributed by atoms with van der Waals surface area (Å²) >= 11 is 0. The lowest BCUT2D eigenvalue weighted by atomic mass is 10.2. The largest absolute Gasteiger partial charge is 0.449 e. The van der Waals surface area contributed by atoms with Gasteiger partial charge in [0.05, 0.1) is 12.1 Å². The molecule has 0 radical (unpaired) electrons. The van der Waals surface area contributed by atoms with Gasteiger partial charge in [0.15, 0.2) is 0 Å². The lowest BCUT2D eigenvalue weighted by molar-refractivity contribution is 0.0746. The number of nitrogens with two attached hydrogens (primary N) is 1. The van der Waals surface area contributed by atoms with E-state index in [-0.39, 0.29) is 30.9 Å². The number of carbonyl (C=O) groups excluding carboxylic acids is 1. The van der Waals surface area contributed by atoms with Crippen LogP contribution in [0.25, 0.3) is 10.9 Å². The Bertz CT molecular complexity index is 701. The highest BCUT2D eigenvalue weighted by Gasteiger charge is 2.18. The number of aromatic nitrogens is 2. The Morgan fingerprint density at radius 2 is 2.04 bits per heavy atom. The molecule has 2 aromatic rings. The summed E-state index contributed by atoms with van der Waals surface area (Å²) in [5, 5.41) is 4.28. The van der Waals surface area contributed by atoms with Crippen LogP contribution >= 0.6 is 24.8 Å². The fraction of sp³-hybridized carbons (Fsp3) is 0.438. The molecule has 2 heterocycles. The molecule has 138 valence electrons. The highest BCUT2D eigenvalue weighted by molar-refractivity contribution is 5.89. The van der Waals surface area contributed by atoms with Gasteiger partial charge in [0.2, 0.25) is 0 Å². The van der Waals surface area contributed by atoms with E-state index >= 15 is 0 Å². The summed E-state index contributed by atoms with van der Waals surface area (Å²) in [6.07, 6.45) is 1.27. The number of fused-ring (bicyclic) bond motifs is 1. The fourth-order valence-corrected chi connectivity index (χ4v) is 2.61. The number of nitrogens with one attached hydrogen (secondary N) is 1. The SMILES string of the molecule is Cl.Cl.NCCc1nc(NCCN2CCCOC2=O)c2ccccc2n1. The van der Waals surface area contributed by atoms with Gasteiger partial charge in [-0.15, -0.1) is 24.8 Å². The quantitative estimate of drug-likeness (QED) is 0.788. The van der Waals surface area contributed by atoms with Crippen molar-refractivity contribution in [3.8, 4) is 0 Å². The van der Waals surface area contributed by atoms with Crippen LogP contribution in [0.3, 0.4) is 0 Å². The van der Waals surface area contributed by atoms with Crippen LogP contribution < -0.4 is 11.1 Å². The van der Waals surface area contributed by atoms with Crippen molar-refractivity contribution in [1.82, 2.24) is 14.9 Å². The van der Waals surface area contributed by atoms with Crippen LogP contribution in [-0.2, 0) is 11.2 Å². The van der Waals surface area contributed by atoms with E-state index in [1.807, 2.05) is 24.3 Å². The van der Waals surface area contributed by atoms with Crippen molar-refractivity contribution in [2.75, 3.05) is 38.1 Å². The van der Waals surface area contributed by atoms with Gasteiger partial charge >= 0.3 is 6.09 Å². The number of nitrogens with zero attached hydrogens (tertiary/aromatic N) is 3. The van der Waals surface area contributed by atoms with Crippen LogP contribution in [0.15, 0.2) is 24.3 Å². The molecule has 0 unspecified atom stereocenters. The Labute approximate surface area is 159 Å². The van der Waals surface area contributed by atoms with E-state index in [0.717, 1.165) is 35.5 Å². The Morgan fingerprint density at radius 1 is 1.24 bits per heavy atom. The molecule has 1 aliphatic heterocycles. The smallest absolute Gasteiger partial charge is 0.409 e. The van der Waals surface area contributed by atoms with Crippen molar-refractivity contribution in [1.29, 1.82) is 0 Å². The third-order valence-electron chi connectivity index (χ3n) is 3.75. The van der Waals surface area contributed by atoms with E-state index in [9.17, 15) is 4.79 Å². The Morgan fingerprint density at radius 3 is 2.80 bits per heavy atom. The van der Waals surface area contributed by atoms with Gasteiger partial charge in [0.1, 0.15) is 11.6 Å². The standard InChI is InChI=1S/C16H21N5O2.2ClH/c17-7-6-14-19-13-5-2-1-4-12(13)15(20-14)18-8-10-21-9-3-11-23-16(21)22;;/h1-2,4-5H,3,6-11,17H2,(H,18,19,20);2*1H. The predicted octanol–water partition coefficient (Wildman–Crippen LogP) is 2.23. The van der Waals surface area contributed by atoms with Crippen LogP contribution in [0, 0.1) is 0 Å². The molecule has 0 saturated carbocycles. The monoisotopic (exact) mass is 387 g/mol. The number of hydrogen-bond donors (Lipinski definition) is 2. The number of hydrogen-bond acceptors (Lipinski definition) is 6. The third-order valence-corrected chi connectivity index (χ3v) is 3.75. The number of ether oxygens (including phenoxy) is 1. The number of cyclic esters (lactones) is 1. The van der Waals surface area contributed by atoms with Crippen molar-refractivity contribution >= 4 is 47.6 Å². The van der Waals surface area contributed by atoms with Crippen LogP contribution in [0.5, 0.6) is 0 Å². The van der Waals surface area contributed by atoms with Crippen LogP contribution in [-0.4, -0.2) is 53.7 Å². The summed E-state index contributed by atoms with van der Waals surface area (Å²) in [6.45, 7) is 2.96. The molecule has 1 fully saturated rings. The zero-order valence-corrected chi connectivity index (χ0v) is 15.4. The number of anilines is 1. The van der Waals surface area contributed by atoms with Gasteiger partial charge in [-0.25, -0.2) is 14.8 Å². The van der Waals surface area contributed by atoms with Gasteiger partial charge in [-0.3, -0.25) is 0 Å². The maximum Gasteiger partial charge on any atom is 0.409 e. The van der Waals surface area contributed by atoms with Gasteiger partial charge < -0.3 is 20.7 Å². The van der Waals surface area contributed by atoms with E-state index in [1.165, 1.54) is 0 Å². The topological polar surface area (TPSA) is 93.4 Å². The van der Waals surface area contributed by atoms with Crippen molar-refractivity contribution in [3.63, 3.8) is 0 Å².